The maximum absolute atomic E-state index is 12.5. The van der Waals surface area contributed by atoms with E-state index in [1.54, 1.807) is 50.4 Å². The fourth-order valence-corrected chi connectivity index (χ4v) is 2.89. The number of carbonyl (C=O) groups excluding carboxylic acids is 1. The first-order valence-electron chi connectivity index (χ1n) is 9.73. The Balaban J connectivity index is 1.38. The molecule has 0 saturated heterocycles. The molecule has 0 aliphatic heterocycles. The van der Waals surface area contributed by atoms with Crippen LogP contribution in [0.25, 0.3) is 22.9 Å². The lowest BCUT2D eigenvalue weighted by molar-refractivity contribution is -0.122. The summed E-state index contributed by atoms with van der Waals surface area (Å²) in [7, 11) is 1.60. The molecule has 7 nitrogen and oxygen atoms in total. The van der Waals surface area contributed by atoms with Crippen LogP contribution < -0.4 is 14.8 Å². The van der Waals surface area contributed by atoms with Crippen molar-refractivity contribution in [3.8, 4) is 34.4 Å². The minimum Gasteiger partial charge on any atom is -0.497 e. The van der Waals surface area contributed by atoms with E-state index >= 15 is 0 Å². The highest BCUT2D eigenvalue weighted by molar-refractivity contribution is 5.94. The summed E-state index contributed by atoms with van der Waals surface area (Å²) in [6, 6.07) is 23.8. The van der Waals surface area contributed by atoms with Crippen LogP contribution in [0.3, 0.4) is 0 Å². The maximum atomic E-state index is 12.5. The van der Waals surface area contributed by atoms with Gasteiger partial charge in [0.1, 0.15) is 11.5 Å². The Labute approximate surface area is 179 Å². The number of benzene rings is 3. The van der Waals surface area contributed by atoms with Gasteiger partial charge in [0.05, 0.1) is 7.11 Å². The van der Waals surface area contributed by atoms with Gasteiger partial charge in [0.15, 0.2) is 6.10 Å². The zero-order valence-electron chi connectivity index (χ0n) is 17.1. The maximum Gasteiger partial charge on any atom is 0.265 e. The fourth-order valence-electron chi connectivity index (χ4n) is 2.89. The van der Waals surface area contributed by atoms with Gasteiger partial charge in [-0.3, -0.25) is 4.79 Å². The lowest BCUT2D eigenvalue weighted by atomic mass is 10.2. The monoisotopic (exact) mass is 415 g/mol. The highest BCUT2D eigenvalue weighted by Crippen LogP contribution is 2.25. The third-order valence-corrected chi connectivity index (χ3v) is 4.59. The van der Waals surface area contributed by atoms with Gasteiger partial charge in [-0.15, -0.1) is 10.2 Å². The molecule has 0 aliphatic rings. The molecule has 0 aliphatic carbocycles. The number of hydrogen-bond donors (Lipinski definition) is 1. The molecule has 1 unspecified atom stereocenters. The Morgan fingerprint density at radius 1 is 0.839 bits per heavy atom. The minimum atomic E-state index is -0.669. The van der Waals surface area contributed by atoms with Crippen LogP contribution in [0.2, 0.25) is 0 Å². The van der Waals surface area contributed by atoms with Gasteiger partial charge < -0.3 is 19.2 Å². The Morgan fingerprint density at radius 2 is 1.42 bits per heavy atom. The molecule has 0 saturated carbocycles. The van der Waals surface area contributed by atoms with Gasteiger partial charge in [-0.05, 0) is 67.6 Å². The van der Waals surface area contributed by atoms with E-state index in [2.05, 4.69) is 15.5 Å². The second-order valence-corrected chi connectivity index (χ2v) is 6.78. The van der Waals surface area contributed by atoms with E-state index in [1.165, 1.54) is 0 Å². The smallest absolute Gasteiger partial charge is 0.265 e. The average Bonchev–Trinajstić information content (AvgIpc) is 3.31. The quantitative estimate of drug-likeness (QED) is 0.466. The van der Waals surface area contributed by atoms with Crippen molar-refractivity contribution in [3.05, 3.63) is 78.9 Å². The number of amides is 1. The van der Waals surface area contributed by atoms with Gasteiger partial charge in [0.25, 0.3) is 5.91 Å². The summed E-state index contributed by atoms with van der Waals surface area (Å²) in [5.74, 6) is 1.92. The first-order chi connectivity index (χ1) is 15.1. The van der Waals surface area contributed by atoms with E-state index < -0.39 is 6.10 Å². The van der Waals surface area contributed by atoms with Gasteiger partial charge in [-0.25, -0.2) is 0 Å². The number of nitrogens with zero attached hydrogens (tertiary/aromatic N) is 2. The van der Waals surface area contributed by atoms with Crippen LogP contribution in [0.1, 0.15) is 6.92 Å². The van der Waals surface area contributed by atoms with Gasteiger partial charge in [-0.2, -0.15) is 0 Å². The van der Waals surface area contributed by atoms with Gasteiger partial charge in [0.2, 0.25) is 11.8 Å². The molecule has 1 amide bonds. The molecule has 31 heavy (non-hydrogen) atoms. The Morgan fingerprint density at radius 3 is 2.03 bits per heavy atom. The molecule has 3 aromatic carbocycles. The zero-order valence-corrected chi connectivity index (χ0v) is 17.1. The summed E-state index contributed by atoms with van der Waals surface area (Å²) in [5.41, 5.74) is 2.26. The number of methoxy groups -OCH3 is 1. The number of hydrogen-bond acceptors (Lipinski definition) is 6. The third kappa shape index (κ3) is 4.90. The normalized spacial score (nSPS) is 11.5. The van der Waals surface area contributed by atoms with Crippen molar-refractivity contribution in [2.75, 3.05) is 12.4 Å². The van der Waals surface area contributed by atoms with Crippen molar-refractivity contribution < 1.29 is 18.7 Å². The predicted octanol–water partition coefficient (Wildman–Crippen LogP) is 4.82. The highest BCUT2D eigenvalue weighted by Gasteiger charge is 2.16. The first kappa shape index (κ1) is 20.2. The van der Waals surface area contributed by atoms with Crippen LogP contribution >= 0.6 is 0 Å². The number of ether oxygens (including phenoxy) is 2. The highest BCUT2D eigenvalue weighted by atomic mass is 16.5. The standard InChI is InChI=1S/C24H21N3O4/c1-16(30-21-14-12-20(29-2)13-15-21)22(28)25-19-10-8-18(9-11-19)24-27-26-23(31-24)17-6-4-3-5-7-17/h3-16H,1-2H3,(H,25,28). The Bertz CT molecular complexity index is 1140. The molecule has 0 fully saturated rings. The molecule has 4 rings (SSSR count). The SMILES string of the molecule is COc1ccc(OC(C)C(=O)Nc2ccc(-c3nnc(-c4ccccc4)o3)cc2)cc1. The van der Waals surface area contributed by atoms with Gasteiger partial charge in [-0.1, -0.05) is 18.2 Å². The van der Waals surface area contributed by atoms with Gasteiger partial charge >= 0.3 is 0 Å². The Kier molecular flexibility index (Phi) is 5.93. The molecular formula is C24H21N3O4. The molecule has 1 N–H and O–H groups in total. The lowest BCUT2D eigenvalue weighted by Gasteiger charge is -2.15. The number of rotatable bonds is 7. The fraction of sp³-hybridized carbons (Fsp3) is 0.125. The summed E-state index contributed by atoms with van der Waals surface area (Å²) in [4.78, 5) is 12.5. The van der Waals surface area contributed by atoms with Crippen LogP contribution in [-0.2, 0) is 4.79 Å². The molecule has 1 atom stereocenters. The van der Waals surface area contributed by atoms with Crippen LogP contribution in [0.15, 0.2) is 83.3 Å². The van der Waals surface area contributed by atoms with E-state index in [0.29, 0.717) is 23.2 Å². The second-order valence-electron chi connectivity index (χ2n) is 6.78. The third-order valence-electron chi connectivity index (χ3n) is 4.59. The van der Waals surface area contributed by atoms with E-state index in [-0.39, 0.29) is 5.91 Å². The molecule has 0 radical (unpaired) electrons. The average molecular weight is 415 g/mol. The van der Waals surface area contributed by atoms with Crippen molar-refractivity contribution in [2.24, 2.45) is 0 Å². The predicted molar refractivity (Wildman–Crippen MR) is 117 cm³/mol. The summed E-state index contributed by atoms with van der Waals surface area (Å²) in [6.07, 6.45) is -0.669. The van der Waals surface area contributed by atoms with Crippen LogP contribution in [-0.4, -0.2) is 29.3 Å². The summed E-state index contributed by atoms with van der Waals surface area (Å²) in [5, 5.41) is 11.0. The molecule has 0 bridgehead atoms. The lowest BCUT2D eigenvalue weighted by Crippen LogP contribution is -2.30. The van der Waals surface area contributed by atoms with Crippen LogP contribution in [0, 0.1) is 0 Å². The minimum absolute atomic E-state index is 0.257. The molecule has 4 aromatic rings. The van der Waals surface area contributed by atoms with Crippen molar-refractivity contribution in [1.29, 1.82) is 0 Å². The molecule has 7 heteroatoms. The summed E-state index contributed by atoms with van der Waals surface area (Å²) < 4.78 is 16.6. The van der Waals surface area contributed by atoms with E-state index in [0.717, 1.165) is 16.9 Å². The second kappa shape index (κ2) is 9.13. The van der Waals surface area contributed by atoms with Crippen molar-refractivity contribution in [2.45, 2.75) is 13.0 Å². The summed E-state index contributed by atoms with van der Waals surface area (Å²) >= 11 is 0. The van der Waals surface area contributed by atoms with Crippen LogP contribution in [0.5, 0.6) is 11.5 Å². The van der Waals surface area contributed by atoms with Crippen LogP contribution in [0.4, 0.5) is 5.69 Å². The van der Waals surface area contributed by atoms with Crippen molar-refractivity contribution in [3.63, 3.8) is 0 Å². The number of anilines is 1. The van der Waals surface area contributed by atoms with E-state index in [9.17, 15) is 4.79 Å². The van der Waals surface area contributed by atoms with Gasteiger partial charge in [0, 0.05) is 16.8 Å². The number of nitrogens with one attached hydrogen (secondary N) is 1. The molecule has 0 spiro atoms. The van der Waals surface area contributed by atoms with E-state index in [1.807, 2.05) is 42.5 Å². The molecule has 1 aromatic heterocycles. The molecule has 156 valence electrons. The summed E-state index contributed by atoms with van der Waals surface area (Å²) in [6.45, 7) is 1.69. The van der Waals surface area contributed by atoms with Crippen molar-refractivity contribution >= 4 is 11.6 Å². The first-order valence-corrected chi connectivity index (χ1v) is 9.73. The Hall–Kier alpha value is -4.13. The topological polar surface area (TPSA) is 86.5 Å². The number of carbonyl (C=O) groups is 1. The zero-order chi connectivity index (χ0) is 21.6. The van der Waals surface area contributed by atoms with Crippen molar-refractivity contribution in [1.82, 2.24) is 10.2 Å². The molecule has 1 heterocycles. The number of aromatic nitrogens is 2. The van der Waals surface area contributed by atoms with E-state index in [4.69, 9.17) is 13.9 Å². The largest absolute Gasteiger partial charge is 0.497 e. The molecular weight excluding hydrogens is 394 g/mol.